The van der Waals surface area contributed by atoms with Crippen LogP contribution in [0.25, 0.3) is 0 Å². The molecule has 0 bridgehead atoms. The highest BCUT2D eigenvalue weighted by Crippen LogP contribution is 2.45. The molecule has 1 aliphatic rings. The second-order valence-electron chi connectivity index (χ2n) is 9.61. The molecule has 3 aromatic rings. The number of halogens is 2. The molecule has 2 N–H and O–H groups in total. The van der Waals surface area contributed by atoms with E-state index in [1.54, 1.807) is 55.3 Å². The normalized spacial score (nSPS) is 16.6. The van der Waals surface area contributed by atoms with Crippen molar-refractivity contribution in [3.8, 4) is 11.5 Å². The summed E-state index contributed by atoms with van der Waals surface area (Å²) in [4.78, 5) is 34.4. The number of primary amides is 1. The average Bonchev–Trinajstić information content (AvgIpc) is 3.32. The number of hydrogen-bond donors (Lipinski definition) is 1. The van der Waals surface area contributed by atoms with Crippen molar-refractivity contribution in [1.82, 2.24) is 9.80 Å². The van der Waals surface area contributed by atoms with Crippen LogP contribution in [0, 0.1) is 0 Å². The maximum Gasteiger partial charge on any atom is 0.326 e. The number of amides is 3. The second-order valence-corrected chi connectivity index (χ2v) is 10.5. The first-order valence-corrected chi connectivity index (χ1v) is 13.7. The van der Waals surface area contributed by atoms with Gasteiger partial charge in [0.1, 0.15) is 29.9 Å². The third kappa shape index (κ3) is 6.35. The fourth-order valence-corrected chi connectivity index (χ4v) is 4.93. The van der Waals surface area contributed by atoms with Crippen molar-refractivity contribution in [2.24, 2.45) is 10.7 Å². The van der Waals surface area contributed by atoms with Crippen LogP contribution in [-0.4, -0.2) is 53.9 Å². The van der Waals surface area contributed by atoms with Crippen molar-refractivity contribution in [2.45, 2.75) is 39.0 Å². The first-order valence-electron chi connectivity index (χ1n) is 12.9. The molecule has 0 fully saturated rings. The van der Waals surface area contributed by atoms with Crippen molar-refractivity contribution < 1.29 is 19.1 Å². The van der Waals surface area contributed by atoms with E-state index in [0.29, 0.717) is 32.9 Å². The van der Waals surface area contributed by atoms with E-state index in [-0.39, 0.29) is 19.2 Å². The standard InChI is InChI=1S/C30H32Cl2N4O4/c1-5-35(17-26(33)37)30(38)36-28(20-8-12-22(32)13-9-20)27(19-6-10-21(31)11-7-19)34-29(36)24-15-14-23(39-4)16-25(24)40-18(2)3/h6-16,18,27-28H,5,17H2,1-4H3,(H2,33,37). The molecule has 2 unspecified atom stereocenters. The van der Waals surface area contributed by atoms with Crippen molar-refractivity contribution in [3.63, 3.8) is 0 Å². The fourth-order valence-electron chi connectivity index (χ4n) is 4.68. The minimum Gasteiger partial charge on any atom is -0.497 e. The highest BCUT2D eigenvalue weighted by atomic mass is 35.5. The van der Waals surface area contributed by atoms with Crippen LogP contribution in [0.3, 0.4) is 0 Å². The largest absolute Gasteiger partial charge is 0.497 e. The van der Waals surface area contributed by atoms with E-state index in [1.807, 2.05) is 44.2 Å². The van der Waals surface area contributed by atoms with Gasteiger partial charge in [0.15, 0.2) is 0 Å². The van der Waals surface area contributed by atoms with E-state index in [1.165, 1.54) is 4.90 Å². The fraction of sp³-hybridized carbons (Fsp3) is 0.300. The van der Waals surface area contributed by atoms with Gasteiger partial charge in [0.2, 0.25) is 5.91 Å². The Morgan fingerprint density at radius 2 is 1.60 bits per heavy atom. The van der Waals surface area contributed by atoms with Crippen LogP contribution >= 0.6 is 23.2 Å². The number of nitrogens with two attached hydrogens (primary N) is 1. The summed E-state index contributed by atoms with van der Waals surface area (Å²) in [5, 5.41) is 1.15. The number of urea groups is 1. The number of amidine groups is 1. The molecular weight excluding hydrogens is 551 g/mol. The lowest BCUT2D eigenvalue weighted by Crippen LogP contribution is -2.49. The van der Waals surface area contributed by atoms with E-state index in [4.69, 9.17) is 43.4 Å². The number of methoxy groups -OCH3 is 1. The monoisotopic (exact) mass is 582 g/mol. The van der Waals surface area contributed by atoms with Gasteiger partial charge in [0.25, 0.3) is 0 Å². The Bertz CT molecular complexity index is 1390. The van der Waals surface area contributed by atoms with Gasteiger partial charge in [-0.15, -0.1) is 0 Å². The summed E-state index contributed by atoms with van der Waals surface area (Å²) in [6.07, 6.45) is -0.155. The summed E-state index contributed by atoms with van der Waals surface area (Å²) in [5.74, 6) is 0.892. The summed E-state index contributed by atoms with van der Waals surface area (Å²) >= 11 is 12.4. The minimum absolute atomic E-state index is 0.155. The molecule has 40 heavy (non-hydrogen) atoms. The zero-order valence-corrected chi connectivity index (χ0v) is 24.3. The van der Waals surface area contributed by atoms with E-state index >= 15 is 0 Å². The SMILES string of the molecule is CCN(CC(N)=O)C(=O)N1C(c2ccc(OC)cc2OC(C)C)=NC(c2ccc(Cl)cc2)C1c1ccc(Cl)cc1. The van der Waals surface area contributed by atoms with Crippen LogP contribution in [0.1, 0.15) is 49.5 Å². The topological polar surface area (TPSA) is 97.5 Å². The van der Waals surface area contributed by atoms with Crippen LogP contribution < -0.4 is 15.2 Å². The van der Waals surface area contributed by atoms with Crippen LogP contribution in [0.2, 0.25) is 10.0 Å². The maximum atomic E-state index is 14.3. The molecule has 0 saturated carbocycles. The Morgan fingerprint density at radius 3 is 2.12 bits per heavy atom. The van der Waals surface area contributed by atoms with Crippen molar-refractivity contribution in [2.75, 3.05) is 20.2 Å². The number of benzene rings is 3. The van der Waals surface area contributed by atoms with Crippen LogP contribution in [0.5, 0.6) is 11.5 Å². The van der Waals surface area contributed by atoms with Gasteiger partial charge in [-0.2, -0.15) is 0 Å². The highest BCUT2D eigenvalue weighted by Gasteiger charge is 2.44. The lowest BCUT2D eigenvalue weighted by Gasteiger charge is -2.34. The predicted molar refractivity (Wildman–Crippen MR) is 157 cm³/mol. The number of likely N-dealkylation sites (N-methyl/N-ethyl adjacent to an activating group) is 1. The lowest BCUT2D eigenvalue weighted by molar-refractivity contribution is -0.118. The van der Waals surface area contributed by atoms with Crippen LogP contribution in [0.15, 0.2) is 71.7 Å². The van der Waals surface area contributed by atoms with Gasteiger partial charge < -0.3 is 20.1 Å². The number of carbonyl (C=O) groups is 2. The molecule has 0 radical (unpaired) electrons. The molecule has 0 aromatic heterocycles. The van der Waals surface area contributed by atoms with Crippen LogP contribution in [-0.2, 0) is 4.79 Å². The van der Waals surface area contributed by atoms with Gasteiger partial charge >= 0.3 is 6.03 Å². The van der Waals surface area contributed by atoms with Crippen molar-refractivity contribution in [1.29, 1.82) is 0 Å². The highest BCUT2D eigenvalue weighted by molar-refractivity contribution is 6.30. The molecule has 210 valence electrons. The molecule has 1 heterocycles. The Hall–Kier alpha value is -3.75. The van der Waals surface area contributed by atoms with Gasteiger partial charge in [-0.1, -0.05) is 47.5 Å². The number of ether oxygens (including phenoxy) is 2. The number of aliphatic imine (C=N–C) groups is 1. The zero-order valence-electron chi connectivity index (χ0n) is 22.8. The Kier molecular flexibility index (Phi) is 9.22. The van der Waals surface area contributed by atoms with Crippen molar-refractivity contribution >= 4 is 41.0 Å². The Labute approximate surface area is 244 Å². The second kappa shape index (κ2) is 12.6. The first-order chi connectivity index (χ1) is 19.1. The van der Waals surface area contributed by atoms with E-state index in [9.17, 15) is 9.59 Å². The van der Waals surface area contributed by atoms with Gasteiger partial charge in [-0.3, -0.25) is 14.7 Å². The smallest absolute Gasteiger partial charge is 0.326 e. The zero-order chi connectivity index (χ0) is 29.0. The molecule has 0 saturated heterocycles. The van der Waals surface area contributed by atoms with E-state index < -0.39 is 24.0 Å². The quantitative estimate of drug-likeness (QED) is 0.322. The molecule has 2 atom stereocenters. The molecule has 1 aliphatic heterocycles. The third-order valence-electron chi connectivity index (χ3n) is 6.49. The predicted octanol–water partition coefficient (Wildman–Crippen LogP) is 6.26. The molecular formula is C30H32Cl2N4O4. The van der Waals surface area contributed by atoms with Gasteiger partial charge in [-0.25, -0.2) is 4.79 Å². The lowest BCUT2D eigenvalue weighted by atomic mass is 9.93. The summed E-state index contributed by atoms with van der Waals surface area (Å²) in [7, 11) is 1.58. The number of carbonyl (C=O) groups excluding carboxylic acids is 2. The molecule has 0 spiro atoms. The molecule has 4 rings (SSSR count). The summed E-state index contributed by atoms with van der Waals surface area (Å²) in [5.41, 5.74) is 7.79. The number of hydrogen-bond acceptors (Lipinski definition) is 5. The summed E-state index contributed by atoms with van der Waals surface area (Å²) in [6, 6.07) is 18.6. The molecule has 0 aliphatic carbocycles. The third-order valence-corrected chi connectivity index (χ3v) is 6.99. The summed E-state index contributed by atoms with van der Waals surface area (Å²) < 4.78 is 11.6. The molecule has 3 aromatic carbocycles. The Balaban J connectivity index is 1.97. The molecule has 3 amide bonds. The maximum absolute atomic E-state index is 14.3. The number of nitrogens with zero attached hydrogens (tertiary/aromatic N) is 3. The summed E-state index contributed by atoms with van der Waals surface area (Å²) in [6.45, 7) is 5.66. The molecule has 8 nitrogen and oxygen atoms in total. The van der Waals surface area contributed by atoms with Gasteiger partial charge in [0.05, 0.1) is 24.8 Å². The van der Waals surface area contributed by atoms with Crippen LogP contribution in [0.4, 0.5) is 4.79 Å². The van der Waals surface area contributed by atoms with E-state index in [2.05, 4.69) is 0 Å². The van der Waals surface area contributed by atoms with E-state index in [0.717, 1.165) is 11.1 Å². The average molecular weight is 584 g/mol. The van der Waals surface area contributed by atoms with Gasteiger partial charge in [-0.05, 0) is 68.3 Å². The minimum atomic E-state index is -0.613. The molecule has 10 heteroatoms. The number of rotatable bonds is 9. The first kappa shape index (κ1) is 29.2. The van der Waals surface area contributed by atoms with Gasteiger partial charge in [0, 0.05) is 22.7 Å². The van der Waals surface area contributed by atoms with Crippen molar-refractivity contribution in [3.05, 3.63) is 93.5 Å². The Morgan fingerprint density at radius 1 is 1.00 bits per heavy atom.